The second kappa shape index (κ2) is 7.85. The molecule has 0 amide bonds. The van der Waals surface area contributed by atoms with E-state index in [1.807, 2.05) is 6.07 Å². The first-order valence-corrected chi connectivity index (χ1v) is 10.8. The molecule has 29 heavy (non-hydrogen) atoms. The molecule has 7 nitrogen and oxygen atoms in total. The number of hydrogen-bond donors (Lipinski definition) is 0. The molecule has 0 atom stereocenters. The van der Waals surface area contributed by atoms with Crippen LogP contribution in [0.25, 0.3) is 16.2 Å². The van der Waals surface area contributed by atoms with Gasteiger partial charge in [-0.1, -0.05) is 18.5 Å². The second-order valence-electron chi connectivity index (χ2n) is 6.87. The molecule has 1 fully saturated rings. The highest BCUT2D eigenvalue weighted by atomic mass is 35.5. The third-order valence-corrected chi connectivity index (χ3v) is 6.38. The van der Waals surface area contributed by atoms with Gasteiger partial charge in [0.1, 0.15) is 11.3 Å². The van der Waals surface area contributed by atoms with Crippen LogP contribution in [-0.2, 0) is 11.2 Å². The number of anilines is 1. The van der Waals surface area contributed by atoms with E-state index in [-0.39, 0.29) is 0 Å². The molecule has 0 bridgehead atoms. The van der Waals surface area contributed by atoms with E-state index in [0.29, 0.717) is 24.0 Å². The van der Waals surface area contributed by atoms with Gasteiger partial charge in [-0.15, -0.1) is 0 Å². The van der Waals surface area contributed by atoms with Crippen molar-refractivity contribution in [2.75, 3.05) is 31.2 Å². The molecule has 0 radical (unpaired) electrons. The molecule has 0 aromatic carbocycles. The number of aromatic nitrogens is 5. The van der Waals surface area contributed by atoms with Crippen LogP contribution in [0.1, 0.15) is 24.6 Å². The largest absolute Gasteiger partial charge is 0.378 e. The van der Waals surface area contributed by atoms with Crippen molar-refractivity contribution >= 4 is 45.4 Å². The van der Waals surface area contributed by atoms with Gasteiger partial charge in [-0.25, -0.2) is 19.9 Å². The van der Waals surface area contributed by atoms with Gasteiger partial charge in [0, 0.05) is 43.0 Å². The second-order valence-corrected chi connectivity index (χ2v) is 8.29. The van der Waals surface area contributed by atoms with Gasteiger partial charge in [0.2, 0.25) is 0 Å². The van der Waals surface area contributed by atoms with Crippen LogP contribution >= 0.6 is 23.4 Å². The quantitative estimate of drug-likeness (QED) is 0.584. The fourth-order valence-electron chi connectivity index (χ4n) is 3.61. The molecule has 0 spiro atoms. The summed E-state index contributed by atoms with van der Waals surface area (Å²) >= 11 is 8.21. The lowest BCUT2D eigenvalue weighted by molar-refractivity contribution is 0.122. The Bertz CT molecular complexity index is 1120. The number of halogens is 1. The van der Waals surface area contributed by atoms with Crippen molar-refractivity contribution < 1.29 is 4.74 Å². The fourth-order valence-corrected chi connectivity index (χ4v) is 4.78. The average Bonchev–Trinajstić information content (AvgIpc) is 3.09. The van der Waals surface area contributed by atoms with Crippen LogP contribution < -0.4 is 4.90 Å². The Morgan fingerprint density at radius 2 is 1.97 bits per heavy atom. The fraction of sp³-hybridized carbons (Fsp3) is 0.350. The Hall–Kier alpha value is -2.29. The summed E-state index contributed by atoms with van der Waals surface area (Å²) in [7, 11) is 0. The normalized spacial score (nSPS) is 16.6. The van der Waals surface area contributed by atoms with Crippen molar-refractivity contribution in [3.63, 3.8) is 0 Å². The number of allylic oxidation sites excluding steroid dienone is 1. The van der Waals surface area contributed by atoms with Crippen LogP contribution in [0.3, 0.4) is 0 Å². The average molecular weight is 427 g/mol. The molecular formula is C20H19ClN6OS. The Morgan fingerprint density at radius 1 is 1.14 bits per heavy atom. The lowest BCUT2D eigenvalue weighted by atomic mass is 10.2. The summed E-state index contributed by atoms with van der Waals surface area (Å²) in [5.74, 6) is 0.905. The molecule has 0 unspecified atom stereocenters. The van der Waals surface area contributed by atoms with E-state index in [9.17, 15) is 0 Å². The van der Waals surface area contributed by atoms with Crippen molar-refractivity contribution in [1.29, 1.82) is 0 Å². The van der Waals surface area contributed by atoms with Crippen LogP contribution in [-0.4, -0.2) is 51.2 Å². The lowest BCUT2D eigenvalue weighted by Crippen LogP contribution is -2.37. The molecule has 9 heteroatoms. The van der Waals surface area contributed by atoms with Crippen LogP contribution in [0.15, 0.2) is 40.3 Å². The molecule has 1 saturated heterocycles. The summed E-state index contributed by atoms with van der Waals surface area (Å²) in [5, 5.41) is 1.50. The van der Waals surface area contributed by atoms with Gasteiger partial charge in [0.05, 0.1) is 29.5 Å². The molecule has 3 aromatic rings. The van der Waals surface area contributed by atoms with Crippen LogP contribution in [0.4, 0.5) is 5.82 Å². The number of fused-ring (bicyclic) bond motifs is 2. The van der Waals surface area contributed by atoms with Gasteiger partial charge in [-0.2, -0.15) is 0 Å². The van der Waals surface area contributed by atoms with Crippen LogP contribution in [0.5, 0.6) is 0 Å². The standard InChI is InChI=1S/C20H19ClN6OS/c1-2-12-9-14-16(17(12)21)19(27-5-7-28-8-6-27)26-20(25-14)29-13-10-15-18(24-11-13)23-4-3-22-15/h3-4,10-11H,2,5-9H2,1H3. The molecule has 1 aliphatic heterocycles. The highest BCUT2D eigenvalue weighted by molar-refractivity contribution is 7.99. The zero-order chi connectivity index (χ0) is 19.8. The summed E-state index contributed by atoms with van der Waals surface area (Å²) in [5.41, 5.74) is 4.58. The third kappa shape index (κ3) is 3.56. The molecule has 1 aliphatic carbocycles. The van der Waals surface area contributed by atoms with Crippen molar-refractivity contribution in [3.8, 4) is 0 Å². The summed E-state index contributed by atoms with van der Waals surface area (Å²) in [6, 6.07) is 1.97. The highest BCUT2D eigenvalue weighted by Gasteiger charge is 2.29. The smallest absolute Gasteiger partial charge is 0.194 e. The number of ether oxygens (including phenoxy) is 1. The van der Waals surface area contributed by atoms with Crippen molar-refractivity contribution in [3.05, 3.63) is 41.5 Å². The highest BCUT2D eigenvalue weighted by Crippen LogP contribution is 2.42. The van der Waals surface area contributed by atoms with Gasteiger partial charge in [-0.3, -0.25) is 4.98 Å². The number of pyridine rings is 1. The van der Waals surface area contributed by atoms with Crippen molar-refractivity contribution in [2.24, 2.45) is 0 Å². The van der Waals surface area contributed by atoms with E-state index < -0.39 is 0 Å². The Kier molecular flexibility index (Phi) is 5.07. The van der Waals surface area contributed by atoms with E-state index in [0.717, 1.165) is 58.5 Å². The number of hydrogen-bond acceptors (Lipinski definition) is 8. The molecule has 3 aromatic heterocycles. The van der Waals surface area contributed by atoms with E-state index >= 15 is 0 Å². The Balaban J connectivity index is 1.54. The first-order chi connectivity index (χ1) is 14.2. The predicted octanol–water partition coefficient (Wildman–Crippen LogP) is 3.72. The predicted molar refractivity (Wildman–Crippen MR) is 113 cm³/mol. The summed E-state index contributed by atoms with van der Waals surface area (Å²) in [6.07, 6.45) is 6.78. The summed E-state index contributed by atoms with van der Waals surface area (Å²) in [4.78, 5) is 25.9. The Morgan fingerprint density at radius 3 is 2.79 bits per heavy atom. The van der Waals surface area contributed by atoms with Gasteiger partial charge in [0.15, 0.2) is 10.8 Å². The minimum atomic E-state index is 0.629. The van der Waals surface area contributed by atoms with E-state index in [1.165, 1.54) is 17.3 Å². The zero-order valence-electron chi connectivity index (χ0n) is 15.9. The third-order valence-electron chi connectivity index (χ3n) is 5.10. The molecule has 2 aliphatic rings. The van der Waals surface area contributed by atoms with Gasteiger partial charge < -0.3 is 9.64 Å². The molecular weight excluding hydrogens is 408 g/mol. The lowest BCUT2D eigenvalue weighted by Gasteiger charge is -2.29. The molecule has 0 saturated carbocycles. The van der Waals surface area contributed by atoms with Gasteiger partial charge in [0.25, 0.3) is 0 Å². The van der Waals surface area contributed by atoms with Crippen molar-refractivity contribution in [1.82, 2.24) is 24.9 Å². The monoisotopic (exact) mass is 426 g/mol. The number of rotatable bonds is 4. The molecule has 4 heterocycles. The number of nitrogens with zero attached hydrogens (tertiary/aromatic N) is 6. The SMILES string of the molecule is CCC1=C(Cl)c2c(nc(Sc3cnc4nccnc4c3)nc2N2CCOCC2)C1. The summed E-state index contributed by atoms with van der Waals surface area (Å²) < 4.78 is 5.52. The van der Waals surface area contributed by atoms with Gasteiger partial charge in [-0.05, 0) is 29.8 Å². The van der Waals surface area contributed by atoms with Crippen LogP contribution in [0.2, 0.25) is 0 Å². The first-order valence-electron chi connectivity index (χ1n) is 9.59. The first kappa shape index (κ1) is 18.7. The number of morpholine rings is 1. The van der Waals surface area contributed by atoms with E-state index in [1.54, 1.807) is 18.6 Å². The van der Waals surface area contributed by atoms with E-state index in [2.05, 4.69) is 26.8 Å². The maximum Gasteiger partial charge on any atom is 0.194 e. The molecule has 5 rings (SSSR count). The zero-order valence-corrected chi connectivity index (χ0v) is 17.5. The molecule has 0 N–H and O–H groups in total. The maximum atomic E-state index is 6.72. The van der Waals surface area contributed by atoms with Crippen molar-refractivity contribution in [2.45, 2.75) is 29.8 Å². The topological polar surface area (TPSA) is 76.9 Å². The van der Waals surface area contributed by atoms with E-state index in [4.69, 9.17) is 26.3 Å². The minimum Gasteiger partial charge on any atom is -0.378 e. The maximum absolute atomic E-state index is 6.72. The summed E-state index contributed by atoms with van der Waals surface area (Å²) in [6.45, 7) is 5.11. The van der Waals surface area contributed by atoms with Crippen LogP contribution in [0, 0.1) is 0 Å². The minimum absolute atomic E-state index is 0.629. The molecule has 148 valence electrons. The Labute approximate surface area is 177 Å². The van der Waals surface area contributed by atoms with Gasteiger partial charge >= 0.3 is 0 Å².